The van der Waals surface area contributed by atoms with E-state index in [1.807, 2.05) is 4.90 Å². The molecule has 1 aromatic carbocycles. The van der Waals surface area contributed by atoms with Crippen LogP contribution in [0.25, 0.3) is 0 Å². The van der Waals surface area contributed by atoms with Crippen molar-refractivity contribution in [2.75, 3.05) is 40.4 Å². The van der Waals surface area contributed by atoms with Crippen LogP contribution in [0.1, 0.15) is 29.6 Å². The molecular formula is C17H23BrN2O3. The maximum atomic E-state index is 12.8. The van der Waals surface area contributed by atoms with Crippen molar-refractivity contribution in [2.45, 2.75) is 19.3 Å². The first-order chi connectivity index (χ1) is 11.1. The number of hydrogen-bond donors (Lipinski definition) is 1. The summed E-state index contributed by atoms with van der Waals surface area (Å²) in [4.78, 5) is 14.8. The smallest absolute Gasteiger partial charge is 0.254 e. The molecule has 2 fully saturated rings. The molecule has 2 aliphatic rings. The Morgan fingerprint density at radius 3 is 2.26 bits per heavy atom. The Kier molecular flexibility index (Phi) is 4.82. The molecule has 5 nitrogen and oxygen atoms in total. The van der Waals surface area contributed by atoms with E-state index < -0.39 is 0 Å². The van der Waals surface area contributed by atoms with Gasteiger partial charge in [-0.1, -0.05) is 0 Å². The second-order valence-corrected chi connectivity index (χ2v) is 7.21. The highest BCUT2D eigenvalue weighted by Gasteiger charge is 2.38. The Labute approximate surface area is 145 Å². The van der Waals surface area contributed by atoms with Gasteiger partial charge in [-0.15, -0.1) is 0 Å². The molecule has 0 saturated carbocycles. The van der Waals surface area contributed by atoms with Gasteiger partial charge in [0.25, 0.3) is 5.91 Å². The molecule has 0 bridgehead atoms. The van der Waals surface area contributed by atoms with Crippen LogP contribution in [0.2, 0.25) is 0 Å². The van der Waals surface area contributed by atoms with Gasteiger partial charge in [0.2, 0.25) is 0 Å². The van der Waals surface area contributed by atoms with Crippen LogP contribution in [0, 0.1) is 5.41 Å². The van der Waals surface area contributed by atoms with Gasteiger partial charge in [-0.05, 0) is 59.3 Å². The van der Waals surface area contributed by atoms with E-state index in [0.717, 1.165) is 43.5 Å². The van der Waals surface area contributed by atoms with E-state index in [1.165, 1.54) is 6.42 Å². The van der Waals surface area contributed by atoms with Crippen molar-refractivity contribution in [3.05, 3.63) is 22.2 Å². The fourth-order valence-electron chi connectivity index (χ4n) is 3.58. The number of halogens is 1. The van der Waals surface area contributed by atoms with Crippen molar-refractivity contribution in [3.63, 3.8) is 0 Å². The predicted octanol–water partition coefficient (Wildman–Crippen LogP) is 2.68. The molecule has 2 heterocycles. The maximum absolute atomic E-state index is 12.8. The van der Waals surface area contributed by atoms with E-state index in [-0.39, 0.29) is 5.91 Å². The predicted molar refractivity (Wildman–Crippen MR) is 92.3 cm³/mol. The van der Waals surface area contributed by atoms with E-state index >= 15 is 0 Å². The van der Waals surface area contributed by atoms with E-state index in [2.05, 4.69) is 21.2 Å². The summed E-state index contributed by atoms with van der Waals surface area (Å²) >= 11 is 3.44. The van der Waals surface area contributed by atoms with Crippen molar-refractivity contribution in [1.29, 1.82) is 0 Å². The van der Waals surface area contributed by atoms with Gasteiger partial charge in [-0.2, -0.15) is 0 Å². The Balaban J connectivity index is 1.76. The minimum absolute atomic E-state index is 0.0508. The third kappa shape index (κ3) is 3.19. The number of amides is 1. The molecule has 1 spiro atoms. The monoisotopic (exact) mass is 382 g/mol. The van der Waals surface area contributed by atoms with Crippen LogP contribution in [0.3, 0.4) is 0 Å². The van der Waals surface area contributed by atoms with Gasteiger partial charge in [-0.25, -0.2) is 0 Å². The van der Waals surface area contributed by atoms with E-state index in [9.17, 15) is 4.79 Å². The number of benzene rings is 1. The lowest BCUT2D eigenvalue weighted by Gasteiger charge is -2.39. The van der Waals surface area contributed by atoms with Crippen molar-refractivity contribution in [3.8, 4) is 11.5 Å². The number of hydrogen-bond acceptors (Lipinski definition) is 4. The average Bonchev–Trinajstić information content (AvgIpc) is 3.03. The summed E-state index contributed by atoms with van der Waals surface area (Å²) in [6.07, 6.45) is 3.39. The lowest BCUT2D eigenvalue weighted by Crippen LogP contribution is -2.44. The van der Waals surface area contributed by atoms with E-state index in [1.54, 1.807) is 26.4 Å². The number of likely N-dealkylation sites (tertiary alicyclic amines) is 1. The standard InChI is InChI=1S/C17H23BrN2O3/c1-22-13-9-12(10-14(23-2)15(13)18)16(21)20-7-4-17(5-8-20)3-6-19-11-17/h9-10,19H,3-8,11H2,1-2H3. The third-order valence-corrected chi connectivity index (χ3v) is 5.92. The average molecular weight is 383 g/mol. The molecule has 0 aliphatic carbocycles. The van der Waals surface area contributed by atoms with Crippen molar-refractivity contribution < 1.29 is 14.3 Å². The zero-order valence-corrected chi connectivity index (χ0v) is 15.2. The highest BCUT2D eigenvalue weighted by atomic mass is 79.9. The largest absolute Gasteiger partial charge is 0.495 e. The summed E-state index contributed by atoms with van der Waals surface area (Å²) in [6, 6.07) is 3.55. The van der Waals surface area contributed by atoms with Crippen LogP contribution in [-0.4, -0.2) is 51.2 Å². The number of nitrogens with one attached hydrogen (secondary N) is 1. The van der Waals surface area contributed by atoms with Gasteiger partial charge in [0.1, 0.15) is 16.0 Å². The number of methoxy groups -OCH3 is 2. The molecule has 0 aromatic heterocycles. The summed E-state index contributed by atoms with van der Waals surface area (Å²) in [5.41, 5.74) is 1.02. The molecule has 6 heteroatoms. The topological polar surface area (TPSA) is 50.8 Å². The molecule has 1 aromatic rings. The van der Waals surface area contributed by atoms with Gasteiger partial charge in [-0.3, -0.25) is 4.79 Å². The van der Waals surface area contributed by atoms with Crippen LogP contribution in [0.4, 0.5) is 0 Å². The second-order valence-electron chi connectivity index (χ2n) is 6.41. The summed E-state index contributed by atoms with van der Waals surface area (Å²) in [7, 11) is 3.18. The lowest BCUT2D eigenvalue weighted by atomic mass is 9.78. The number of ether oxygens (including phenoxy) is 2. The van der Waals surface area contributed by atoms with Crippen LogP contribution in [0.5, 0.6) is 11.5 Å². The van der Waals surface area contributed by atoms with Crippen molar-refractivity contribution in [2.24, 2.45) is 5.41 Å². The Hall–Kier alpha value is -1.27. The zero-order valence-electron chi connectivity index (χ0n) is 13.7. The lowest BCUT2D eigenvalue weighted by molar-refractivity contribution is 0.0607. The molecule has 0 unspecified atom stereocenters. The first-order valence-corrected chi connectivity index (χ1v) is 8.79. The first kappa shape index (κ1) is 16.6. The summed E-state index contributed by atoms with van der Waals surface area (Å²) in [5.74, 6) is 1.28. The molecule has 0 radical (unpaired) electrons. The molecule has 1 N–H and O–H groups in total. The van der Waals surface area contributed by atoms with Gasteiger partial charge >= 0.3 is 0 Å². The minimum Gasteiger partial charge on any atom is -0.495 e. The molecule has 126 valence electrons. The molecule has 2 aliphatic heterocycles. The van der Waals surface area contributed by atoms with Crippen LogP contribution < -0.4 is 14.8 Å². The van der Waals surface area contributed by atoms with Crippen LogP contribution in [0.15, 0.2) is 16.6 Å². The highest BCUT2D eigenvalue weighted by Crippen LogP contribution is 2.39. The van der Waals surface area contributed by atoms with Crippen LogP contribution in [-0.2, 0) is 0 Å². The summed E-state index contributed by atoms with van der Waals surface area (Å²) < 4.78 is 11.4. The van der Waals surface area contributed by atoms with Crippen molar-refractivity contribution in [1.82, 2.24) is 10.2 Å². The number of carbonyl (C=O) groups excluding carboxylic acids is 1. The van der Waals surface area contributed by atoms with Gasteiger partial charge in [0.15, 0.2) is 0 Å². The molecule has 1 amide bonds. The fraction of sp³-hybridized carbons (Fsp3) is 0.588. The molecular weight excluding hydrogens is 360 g/mol. The quantitative estimate of drug-likeness (QED) is 0.872. The molecule has 23 heavy (non-hydrogen) atoms. The SMILES string of the molecule is COc1cc(C(=O)N2CCC3(CCNC3)CC2)cc(OC)c1Br. The number of nitrogens with zero attached hydrogens (tertiary/aromatic N) is 1. The van der Waals surface area contributed by atoms with Crippen molar-refractivity contribution >= 4 is 21.8 Å². The Bertz CT molecular complexity index is 564. The van der Waals surface area contributed by atoms with E-state index in [4.69, 9.17) is 9.47 Å². The van der Waals surface area contributed by atoms with E-state index in [0.29, 0.717) is 22.5 Å². The van der Waals surface area contributed by atoms with Gasteiger partial charge in [0.05, 0.1) is 14.2 Å². The Morgan fingerprint density at radius 1 is 1.17 bits per heavy atom. The minimum atomic E-state index is 0.0508. The number of carbonyl (C=O) groups is 1. The fourth-order valence-corrected chi connectivity index (χ4v) is 4.13. The molecule has 2 saturated heterocycles. The Morgan fingerprint density at radius 2 is 1.78 bits per heavy atom. The van der Waals surface area contributed by atoms with Crippen LogP contribution >= 0.6 is 15.9 Å². The second kappa shape index (κ2) is 6.69. The summed E-state index contributed by atoms with van der Waals surface area (Å²) in [5, 5.41) is 3.45. The maximum Gasteiger partial charge on any atom is 0.254 e. The normalized spacial score (nSPS) is 19.9. The number of rotatable bonds is 3. The molecule has 0 atom stereocenters. The summed E-state index contributed by atoms with van der Waals surface area (Å²) in [6.45, 7) is 3.84. The van der Waals surface area contributed by atoms with Gasteiger partial charge in [0, 0.05) is 25.2 Å². The zero-order chi connectivity index (χ0) is 16.4. The third-order valence-electron chi connectivity index (χ3n) is 5.14. The first-order valence-electron chi connectivity index (χ1n) is 8.00. The highest BCUT2D eigenvalue weighted by molar-refractivity contribution is 9.10. The number of piperidine rings is 1. The molecule has 3 rings (SSSR count). The van der Waals surface area contributed by atoms with Gasteiger partial charge < -0.3 is 19.7 Å².